The average Bonchev–Trinajstić information content (AvgIpc) is 3.42. The molecule has 0 atom stereocenters. The Morgan fingerprint density at radius 3 is 2.15 bits per heavy atom. The van der Waals surface area contributed by atoms with Crippen LogP contribution in [-0.4, -0.2) is 29.2 Å². The number of nitrogens with zero attached hydrogens (tertiary/aromatic N) is 1. The van der Waals surface area contributed by atoms with Crippen molar-refractivity contribution < 1.29 is 9.53 Å². The lowest BCUT2D eigenvalue weighted by atomic mass is 9.98. The number of terminal acetylenes is 1. The van der Waals surface area contributed by atoms with E-state index in [1.54, 1.807) is 4.90 Å². The predicted octanol–water partition coefficient (Wildman–Crippen LogP) is 4.81. The Balaban J connectivity index is 1.57. The van der Waals surface area contributed by atoms with Crippen LogP contribution in [0.2, 0.25) is 0 Å². The third-order valence-electron chi connectivity index (χ3n) is 5.40. The minimum Gasteiger partial charge on any atom is -0.448 e. The van der Waals surface area contributed by atoms with Gasteiger partial charge in [0, 0.05) is 12.0 Å². The van der Waals surface area contributed by atoms with E-state index in [-0.39, 0.29) is 18.1 Å². The second-order valence-electron chi connectivity index (χ2n) is 7.61. The van der Waals surface area contributed by atoms with Crippen LogP contribution in [0.3, 0.4) is 0 Å². The number of carbonyl (C=O) groups is 1. The largest absolute Gasteiger partial charge is 0.448 e. The zero-order valence-corrected chi connectivity index (χ0v) is 15.2. The van der Waals surface area contributed by atoms with Gasteiger partial charge in [-0.15, -0.1) is 6.42 Å². The summed E-state index contributed by atoms with van der Waals surface area (Å²) in [6, 6.07) is 16.9. The molecule has 1 fully saturated rings. The van der Waals surface area contributed by atoms with Crippen molar-refractivity contribution >= 4 is 6.09 Å². The van der Waals surface area contributed by atoms with Crippen molar-refractivity contribution in [2.45, 2.75) is 44.2 Å². The van der Waals surface area contributed by atoms with E-state index in [0.717, 1.165) is 12.8 Å². The first kappa shape index (κ1) is 16.7. The summed E-state index contributed by atoms with van der Waals surface area (Å²) >= 11 is 0. The first-order valence-corrected chi connectivity index (χ1v) is 9.15. The van der Waals surface area contributed by atoms with Gasteiger partial charge in [-0.3, -0.25) is 4.90 Å². The van der Waals surface area contributed by atoms with Gasteiger partial charge in [-0.2, -0.15) is 0 Å². The molecule has 0 aliphatic heterocycles. The van der Waals surface area contributed by atoms with Crippen LogP contribution in [0.15, 0.2) is 48.5 Å². The molecule has 1 amide bonds. The molecule has 0 spiro atoms. The smallest absolute Gasteiger partial charge is 0.411 e. The van der Waals surface area contributed by atoms with Crippen molar-refractivity contribution in [2.75, 3.05) is 6.61 Å². The molecule has 132 valence electrons. The minimum atomic E-state index is -0.635. The maximum atomic E-state index is 12.8. The van der Waals surface area contributed by atoms with Crippen LogP contribution < -0.4 is 0 Å². The molecule has 26 heavy (non-hydrogen) atoms. The van der Waals surface area contributed by atoms with E-state index < -0.39 is 5.54 Å². The molecule has 0 N–H and O–H groups in total. The number of benzene rings is 2. The first-order valence-electron chi connectivity index (χ1n) is 9.15. The van der Waals surface area contributed by atoms with Gasteiger partial charge in [-0.1, -0.05) is 54.5 Å². The van der Waals surface area contributed by atoms with Gasteiger partial charge in [-0.25, -0.2) is 4.79 Å². The number of hydrogen-bond acceptors (Lipinski definition) is 2. The van der Waals surface area contributed by atoms with Crippen LogP contribution in [0.4, 0.5) is 4.79 Å². The van der Waals surface area contributed by atoms with Crippen LogP contribution in [0, 0.1) is 12.3 Å². The zero-order valence-electron chi connectivity index (χ0n) is 15.2. The van der Waals surface area contributed by atoms with E-state index in [1.165, 1.54) is 22.3 Å². The molecule has 1 saturated carbocycles. The number of fused-ring (bicyclic) bond motifs is 3. The van der Waals surface area contributed by atoms with E-state index >= 15 is 0 Å². The summed E-state index contributed by atoms with van der Waals surface area (Å²) in [5, 5.41) is 0. The van der Waals surface area contributed by atoms with E-state index in [4.69, 9.17) is 11.2 Å². The Bertz CT molecular complexity index is 844. The average molecular weight is 345 g/mol. The molecule has 2 aliphatic rings. The van der Waals surface area contributed by atoms with E-state index in [1.807, 2.05) is 38.1 Å². The van der Waals surface area contributed by atoms with E-state index in [2.05, 4.69) is 30.2 Å². The number of hydrogen-bond donors (Lipinski definition) is 0. The molecular formula is C23H23NO2. The zero-order chi connectivity index (χ0) is 18.3. The van der Waals surface area contributed by atoms with Crippen molar-refractivity contribution in [3.8, 4) is 23.5 Å². The van der Waals surface area contributed by atoms with Gasteiger partial charge in [0.2, 0.25) is 0 Å². The molecule has 2 aliphatic carbocycles. The predicted molar refractivity (Wildman–Crippen MR) is 103 cm³/mol. The Morgan fingerprint density at radius 2 is 1.65 bits per heavy atom. The van der Waals surface area contributed by atoms with Crippen molar-refractivity contribution in [3.05, 3.63) is 59.7 Å². The van der Waals surface area contributed by atoms with Crippen molar-refractivity contribution in [1.29, 1.82) is 0 Å². The highest BCUT2D eigenvalue weighted by Gasteiger charge is 2.42. The van der Waals surface area contributed by atoms with Gasteiger partial charge < -0.3 is 4.74 Å². The van der Waals surface area contributed by atoms with Gasteiger partial charge in [0.15, 0.2) is 0 Å². The number of ether oxygens (including phenoxy) is 1. The monoisotopic (exact) mass is 345 g/mol. The quantitative estimate of drug-likeness (QED) is 0.744. The standard InChI is InChI=1S/C23H23NO2/c1-4-23(2,3)24(16-13-14-16)22(25)26-15-21-19-11-7-5-9-17(19)18-10-6-8-12-20(18)21/h1,5-12,16,21H,13-15H2,2-3H3. The highest BCUT2D eigenvalue weighted by Crippen LogP contribution is 2.44. The van der Waals surface area contributed by atoms with Crippen LogP contribution in [0.5, 0.6) is 0 Å². The minimum absolute atomic E-state index is 0.0707. The van der Waals surface area contributed by atoms with Gasteiger partial charge in [-0.05, 0) is 48.9 Å². The molecule has 0 heterocycles. The van der Waals surface area contributed by atoms with Gasteiger partial charge in [0.25, 0.3) is 0 Å². The Hall–Kier alpha value is -2.73. The Morgan fingerprint density at radius 1 is 1.12 bits per heavy atom. The maximum absolute atomic E-state index is 12.8. The summed E-state index contributed by atoms with van der Waals surface area (Å²) in [5.74, 6) is 2.80. The van der Waals surface area contributed by atoms with Crippen molar-refractivity contribution in [2.24, 2.45) is 0 Å². The molecule has 0 radical (unpaired) electrons. The van der Waals surface area contributed by atoms with Crippen LogP contribution in [-0.2, 0) is 4.74 Å². The normalized spacial score (nSPS) is 15.7. The third-order valence-corrected chi connectivity index (χ3v) is 5.40. The van der Waals surface area contributed by atoms with Crippen molar-refractivity contribution in [3.63, 3.8) is 0 Å². The van der Waals surface area contributed by atoms with Crippen LogP contribution in [0.25, 0.3) is 11.1 Å². The van der Waals surface area contributed by atoms with Crippen LogP contribution >= 0.6 is 0 Å². The first-order chi connectivity index (χ1) is 12.5. The number of rotatable bonds is 4. The molecule has 3 nitrogen and oxygen atoms in total. The summed E-state index contributed by atoms with van der Waals surface area (Å²) in [5.41, 5.74) is 4.26. The molecular weight excluding hydrogens is 322 g/mol. The summed E-state index contributed by atoms with van der Waals surface area (Å²) in [6.07, 6.45) is 7.34. The highest BCUT2D eigenvalue weighted by atomic mass is 16.6. The summed E-state index contributed by atoms with van der Waals surface area (Å²) in [6.45, 7) is 4.12. The molecule has 3 heteroatoms. The van der Waals surface area contributed by atoms with Crippen LogP contribution in [0.1, 0.15) is 43.7 Å². The lowest BCUT2D eigenvalue weighted by Gasteiger charge is -2.34. The fraction of sp³-hybridized carbons (Fsp3) is 0.348. The molecule has 0 saturated heterocycles. The molecule has 0 bridgehead atoms. The number of amides is 1. The molecule has 2 aromatic rings. The second kappa shape index (κ2) is 6.21. The van der Waals surface area contributed by atoms with Crippen molar-refractivity contribution in [1.82, 2.24) is 4.90 Å². The molecule has 0 unspecified atom stereocenters. The molecule has 0 aromatic heterocycles. The fourth-order valence-corrected chi connectivity index (χ4v) is 3.90. The van der Waals surface area contributed by atoms with E-state index in [9.17, 15) is 4.79 Å². The fourth-order valence-electron chi connectivity index (χ4n) is 3.90. The maximum Gasteiger partial charge on any atom is 0.411 e. The van der Waals surface area contributed by atoms with Gasteiger partial charge >= 0.3 is 6.09 Å². The third kappa shape index (κ3) is 2.76. The summed E-state index contributed by atoms with van der Waals surface area (Å²) < 4.78 is 5.78. The lowest BCUT2D eigenvalue weighted by Crippen LogP contribution is -2.48. The SMILES string of the molecule is C#CC(C)(C)N(C(=O)OCC1c2ccccc2-c2ccccc21)C1CC1. The Labute approximate surface area is 155 Å². The molecule has 2 aromatic carbocycles. The summed E-state index contributed by atoms with van der Waals surface area (Å²) in [4.78, 5) is 14.6. The summed E-state index contributed by atoms with van der Waals surface area (Å²) in [7, 11) is 0. The van der Waals surface area contributed by atoms with Gasteiger partial charge in [0.05, 0.1) is 0 Å². The molecule has 4 rings (SSSR count). The lowest BCUT2D eigenvalue weighted by molar-refractivity contribution is 0.0724. The highest BCUT2D eigenvalue weighted by molar-refractivity contribution is 5.79. The van der Waals surface area contributed by atoms with E-state index in [0.29, 0.717) is 6.61 Å². The topological polar surface area (TPSA) is 29.5 Å². The second-order valence-corrected chi connectivity index (χ2v) is 7.61. The number of carbonyl (C=O) groups excluding carboxylic acids is 1. The van der Waals surface area contributed by atoms with Gasteiger partial charge in [0.1, 0.15) is 12.1 Å². The Kier molecular flexibility index (Phi) is 4.00.